The molecule has 0 atom stereocenters. The molecule has 1 N–H and O–H groups in total. The van der Waals surface area contributed by atoms with Crippen LogP contribution in [0.25, 0.3) is 21.5 Å². The highest BCUT2D eigenvalue weighted by atomic mass is 16.2. The van der Waals surface area contributed by atoms with E-state index in [1.54, 1.807) is 30.5 Å². The Balaban J connectivity index is 1.62. The third-order valence-corrected chi connectivity index (χ3v) is 4.54. The maximum Gasteiger partial charge on any atom is 0.292 e. The molecule has 138 valence electrons. The number of amides is 1. The van der Waals surface area contributed by atoms with Crippen molar-refractivity contribution >= 4 is 33.7 Å². The molecule has 0 unspecified atom stereocenters. The van der Waals surface area contributed by atoms with Gasteiger partial charge in [-0.3, -0.25) is 9.59 Å². The van der Waals surface area contributed by atoms with Gasteiger partial charge in [0.25, 0.3) is 11.5 Å². The summed E-state index contributed by atoms with van der Waals surface area (Å²) in [5.74, 6) is -0.463. The molecular formula is C22H18N4O2. The lowest BCUT2D eigenvalue weighted by Crippen LogP contribution is -2.28. The molecule has 4 rings (SSSR count). The normalized spacial score (nSPS) is 11.3. The summed E-state index contributed by atoms with van der Waals surface area (Å²) >= 11 is 0. The number of aryl methyl sites for hydroxylation is 1. The second-order valence-corrected chi connectivity index (χ2v) is 6.32. The van der Waals surface area contributed by atoms with Crippen LogP contribution in [0.3, 0.4) is 0 Å². The number of hydrogen-bond acceptors (Lipinski definition) is 4. The fourth-order valence-corrected chi connectivity index (χ4v) is 3.12. The van der Waals surface area contributed by atoms with E-state index in [1.165, 1.54) is 4.68 Å². The molecule has 0 spiro atoms. The van der Waals surface area contributed by atoms with Gasteiger partial charge in [0.15, 0.2) is 5.69 Å². The van der Waals surface area contributed by atoms with Crippen LogP contribution in [0.2, 0.25) is 0 Å². The molecule has 0 aliphatic heterocycles. The Hall–Kier alpha value is -3.80. The Morgan fingerprint density at radius 2 is 1.75 bits per heavy atom. The quantitative estimate of drug-likeness (QED) is 0.442. The number of fused-ring (bicyclic) bond motifs is 2. The third-order valence-electron chi connectivity index (χ3n) is 4.54. The number of carbonyl (C=O) groups is 1. The van der Waals surface area contributed by atoms with Gasteiger partial charge < -0.3 is 0 Å². The van der Waals surface area contributed by atoms with Gasteiger partial charge in [0, 0.05) is 11.9 Å². The molecule has 6 nitrogen and oxygen atoms in total. The highest BCUT2D eigenvalue weighted by Crippen LogP contribution is 2.15. The molecular weight excluding hydrogens is 352 g/mol. The molecule has 0 aliphatic rings. The van der Waals surface area contributed by atoms with Crippen molar-refractivity contribution < 1.29 is 4.79 Å². The van der Waals surface area contributed by atoms with E-state index in [2.05, 4.69) is 15.6 Å². The van der Waals surface area contributed by atoms with E-state index in [1.807, 2.05) is 49.4 Å². The van der Waals surface area contributed by atoms with Crippen molar-refractivity contribution in [1.29, 1.82) is 0 Å². The lowest BCUT2D eigenvalue weighted by molar-refractivity contribution is 0.0949. The van der Waals surface area contributed by atoms with Crippen LogP contribution in [0, 0.1) is 0 Å². The van der Waals surface area contributed by atoms with E-state index in [-0.39, 0.29) is 11.3 Å². The minimum absolute atomic E-state index is 0.174. The van der Waals surface area contributed by atoms with Gasteiger partial charge >= 0.3 is 0 Å². The number of rotatable bonds is 4. The fraction of sp³-hybridized carbons (Fsp3) is 0.0909. The van der Waals surface area contributed by atoms with Gasteiger partial charge in [0.2, 0.25) is 0 Å². The van der Waals surface area contributed by atoms with Crippen molar-refractivity contribution in [2.45, 2.75) is 13.5 Å². The number of benzene rings is 3. The zero-order valence-electron chi connectivity index (χ0n) is 15.3. The number of aromatic nitrogens is 2. The summed E-state index contributed by atoms with van der Waals surface area (Å²) in [6.45, 7) is 2.19. The van der Waals surface area contributed by atoms with Crippen molar-refractivity contribution in [2.75, 3.05) is 0 Å². The average Bonchev–Trinajstić information content (AvgIpc) is 2.74. The molecule has 0 saturated heterocycles. The summed E-state index contributed by atoms with van der Waals surface area (Å²) in [5.41, 5.74) is 3.34. The summed E-state index contributed by atoms with van der Waals surface area (Å²) in [6.07, 6.45) is 1.59. The Morgan fingerprint density at radius 1 is 1.04 bits per heavy atom. The molecule has 0 radical (unpaired) electrons. The van der Waals surface area contributed by atoms with E-state index < -0.39 is 5.91 Å². The predicted molar refractivity (Wildman–Crippen MR) is 111 cm³/mol. The molecule has 1 heterocycles. The lowest BCUT2D eigenvalue weighted by atomic mass is 10.1. The SMILES string of the molecule is CCn1nc(C(=O)N/N=C\c2ccc3ccccc3c2)c2ccccc2c1=O. The van der Waals surface area contributed by atoms with Crippen molar-refractivity contribution in [2.24, 2.45) is 5.10 Å². The molecule has 0 bridgehead atoms. The molecule has 0 aliphatic carbocycles. The van der Waals surface area contributed by atoms with Gasteiger partial charge in [0.05, 0.1) is 11.6 Å². The highest BCUT2D eigenvalue weighted by molar-refractivity contribution is 6.05. The minimum Gasteiger partial charge on any atom is -0.267 e. The van der Waals surface area contributed by atoms with Crippen LogP contribution >= 0.6 is 0 Å². The monoisotopic (exact) mass is 370 g/mol. The number of hydrogen-bond donors (Lipinski definition) is 1. The first-order valence-corrected chi connectivity index (χ1v) is 8.99. The number of nitrogens with one attached hydrogen (secondary N) is 1. The van der Waals surface area contributed by atoms with E-state index in [0.717, 1.165) is 16.3 Å². The van der Waals surface area contributed by atoms with Crippen LogP contribution in [0.15, 0.2) is 76.6 Å². The number of nitrogens with zero attached hydrogens (tertiary/aromatic N) is 3. The molecule has 6 heteroatoms. The van der Waals surface area contributed by atoms with Gasteiger partial charge in [-0.2, -0.15) is 10.2 Å². The molecule has 0 saturated carbocycles. The van der Waals surface area contributed by atoms with Crippen LogP contribution in [-0.4, -0.2) is 21.9 Å². The van der Waals surface area contributed by atoms with Crippen LogP contribution in [0.1, 0.15) is 23.0 Å². The largest absolute Gasteiger partial charge is 0.292 e. The van der Waals surface area contributed by atoms with Gasteiger partial charge in [-0.25, -0.2) is 10.1 Å². The summed E-state index contributed by atoms with van der Waals surface area (Å²) in [6, 6.07) is 20.9. The van der Waals surface area contributed by atoms with Crippen LogP contribution in [0.5, 0.6) is 0 Å². The summed E-state index contributed by atoms with van der Waals surface area (Å²) in [4.78, 5) is 25.0. The van der Waals surface area contributed by atoms with Gasteiger partial charge in [-0.15, -0.1) is 0 Å². The number of hydrazone groups is 1. The molecule has 1 aromatic heterocycles. The van der Waals surface area contributed by atoms with Gasteiger partial charge in [-0.05, 0) is 35.4 Å². The van der Waals surface area contributed by atoms with E-state index in [0.29, 0.717) is 17.3 Å². The second-order valence-electron chi connectivity index (χ2n) is 6.32. The van der Waals surface area contributed by atoms with Crippen molar-refractivity contribution in [3.8, 4) is 0 Å². The summed E-state index contributed by atoms with van der Waals surface area (Å²) in [7, 11) is 0. The lowest BCUT2D eigenvalue weighted by Gasteiger charge is -2.08. The first-order chi connectivity index (χ1) is 13.7. The van der Waals surface area contributed by atoms with E-state index in [9.17, 15) is 9.59 Å². The zero-order chi connectivity index (χ0) is 19.5. The highest BCUT2D eigenvalue weighted by Gasteiger charge is 2.15. The standard InChI is InChI=1S/C22H18N4O2/c1-2-26-22(28)19-10-6-5-9-18(19)20(25-26)21(27)24-23-14-15-11-12-16-7-3-4-8-17(16)13-15/h3-14H,2H2,1H3,(H,24,27)/b23-14-. The fourth-order valence-electron chi connectivity index (χ4n) is 3.12. The first-order valence-electron chi connectivity index (χ1n) is 8.99. The van der Waals surface area contributed by atoms with Crippen molar-refractivity contribution in [3.63, 3.8) is 0 Å². The molecule has 0 fully saturated rings. The number of carbonyl (C=O) groups excluding carboxylic acids is 1. The Bertz CT molecular complexity index is 1270. The predicted octanol–water partition coefficient (Wildman–Crippen LogP) is 3.33. The van der Waals surface area contributed by atoms with Gasteiger partial charge in [0.1, 0.15) is 0 Å². The Labute approximate surface area is 161 Å². The van der Waals surface area contributed by atoms with Crippen LogP contribution < -0.4 is 11.0 Å². The molecule has 4 aromatic rings. The van der Waals surface area contributed by atoms with Crippen LogP contribution in [0.4, 0.5) is 0 Å². The average molecular weight is 370 g/mol. The third kappa shape index (κ3) is 3.27. The van der Waals surface area contributed by atoms with E-state index in [4.69, 9.17) is 0 Å². The summed E-state index contributed by atoms with van der Waals surface area (Å²) in [5, 5.41) is 11.5. The summed E-state index contributed by atoms with van der Waals surface area (Å²) < 4.78 is 1.28. The molecule has 28 heavy (non-hydrogen) atoms. The van der Waals surface area contributed by atoms with Gasteiger partial charge in [-0.1, -0.05) is 54.6 Å². The van der Waals surface area contributed by atoms with Crippen molar-refractivity contribution in [3.05, 3.63) is 88.3 Å². The maximum atomic E-state index is 12.6. The van der Waals surface area contributed by atoms with Crippen molar-refractivity contribution in [1.82, 2.24) is 15.2 Å². The minimum atomic E-state index is -0.463. The first kappa shape index (κ1) is 17.6. The topological polar surface area (TPSA) is 76.3 Å². The molecule has 1 amide bonds. The van der Waals surface area contributed by atoms with E-state index >= 15 is 0 Å². The Morgan fingerprint density at radius 3 is 2.54 bits per heavy atom. The Kier molecular flexibility index (Phi) is 4.68. The molecule has 3 aromatic carbocycles. The van der Waals surface area contributed by atoms with Crippen LogP contribution in [-0.2, 0) is 6.54 Å². The second kappa shape index (κ2) is 7.44. The maximum absolute atomic E-state index is 12.6. The smallest absolute Gasteiger partial charge is 0.267 e. The zero-order valence-corrected chi connectivity index (χ0v) is 15.3.